The summed E-state index contributed by atoms with van der Waals surface area (Å²) in [6, 6.07) is 16.5. The monoisotopic (exact) mass is 536 g/mol. The lowest BCUT2D eigenvalue weighted by molar-refractivity contribution is -0.138. The molecule has 0 amide bonds. The molecule has 1 aromatic heterocycles. The van der Waals surface area contributed by atoms with Crippen LogP contribution in [0.4, 0.5) is 13.2 Å². The number of ketones is 1. The number of aryl methyl sites for hydroxylation is 1. The number of rotatable bonds is 10. The van der Waals surface area contributed by atoms with Gasteiger partial charge in [-0.1, -0.05) is 50.2 Å². The molecular weight excluding hydrogens is 505 g/mol. The van der Waals surface area contributed by atoms with Gasteiger partial charge in [0.2, 0.25) is 0 Å². The van der Waals surface area contributed by atoms with Crippen LogP contribution in [0.2, 0.25) is 0 Å². The predicted molar refractivity (Wildman–Crippen MR) is 145 cm³/mol. The van der Waals surface area contributed by atoms with Crippen LogP contribution in [0.5, 0.6) is 0 Å². The molecule has 0 aliphatic rings. The number of halogens is 3. The molecule has 3 aromatic carbocycles. The first kappa shape index (κ1) is 28.1. The van der Waals surface area contributed by atoms with Gasteiger partial charge in [0.25, 0.3) is 0 Å². The highest BCUT2D eigenvalue weighted by Gasteiger charge is 2.30. The highest BCUT2D eigenvalue weighted by Crippen LogP contribution is 2.35. The second-order valence-electron chi connectivity index (χ2n) is 10.3. The molecule has 204 valence electrons. The molecule has 1 heterocycles. The third-order valence-electron chi connectivity index (χ3n) is 6.87. The molecule has 0 fully saturated rings. The van der Waals surface area contributed by atoms with Gasteiger partial charge in [-0.25, -0.2) is 0 Å². The quantitative estimate of drug-likeness (QED) is 0.208. The summed E-state index contributed by atoms with van der Waals surface area (Å²) in [7, 11) is 0. The van der Waals surface area contributed by atoms with Crippen LogP contribution in [-0.2, 0) is 11.0 Å². The molecule has 1 unspecified atom stereocenters. The first-order chi connectivity index (χ1) is 18.4. The second-order valence-corrected chi connectivity index (χ2v) is 10.3. The van der Waals surface area contributed by atoms with Crippen molar-refractivity contribution in [3.8, 4) is 11.1 Å². The third kappa shape index (κ3) is 6.56. The summed E-state index contributed by atoms with van der Waals surface area (Å²) in [6.45, 7) is 6.20. The van der Waals surface area contributed by atoms with E-state index in [1.165, 1.54) is 12.1 Å². The van der Waals surface area contributed by atoms with E-state index in [0.717, 1.165) is 46.1 Å². The number of aliphatic carboxylic acids is 1. The fourth-order valence-electron chi connectivity index (χ4n) is 4.86. The molecule has 4 aromatic rings. The molecule has 8 heteroatoms. The van der Waals surface area contributed by atoms with Crippen molar-refractivity contribution in [3.63, 3.8) is 0 Å². The molecule has 0 saturated carbocycles. The van der Waals surface area contributed by atoms with Crippen molar-refractivity contribution in [2.24, 2.45) is 5.92 Å². The van der Waals surface area contributed by atoms with Gasteiger partial charge in [-0.05, 0) is 72.2 Å². The second kappa shape index (κ2) is 11.4. The maximum absolute atomic E-state index is 13.0. The van der Waals surface area contributed by atoms with Gasteiger partial charge < -0.3 is 5.11 Å². The predicted octanol–water partition coefficient (Wildman–Crippen LogP) is 8.10. The molecule has 5 nitrogen and oxygen atoms in total. The summed E-state index contributed by atoms with van der Waals surface area (Å²) < 4.78 is 41.0. The van der Waals surface area contributed by atoms with Crippen LogP contribution < -0.4 is 0 Å². The third-order valence-corrected chi connectivity index (χ3v) is 6.87. The first-order valence-electron chi connectivity index (χ1n) is 12.9. The van der Waals surface area contributed by atoms with Crippen molar-refractivity contribution in [2.75, 3.05) is 0 Å². The van der Waals surface area contributed by atoms with Gasteiger partial charge in [0, 0.05) is 23.8 Å². The van der Waals surface area contributed by atoms with Crippen molar-refractivity contribution in [1.82, 2.24) is 9.78 Å². The molecule has 1 atom stereocenters. The summed E-state index contributed by atoms with van der Waals surface area (Å²) in [5, 5.41) is 14.4. The Morgan fingerprint density at radius 3 is 2.23 bits per heavy atom. The summed E-state index contributed by atoms with van der Waals surface area (Å²) in [5.74, 6) is -0.638. The van der Waals surface area contributed by atoms with Gasteiger partial charge in [0.15, 0.2) is 5.78 Å². The Morgan fingerprint density at radius 2 is 1.64 bits per heavy atom. The largest absolute Gasteiger partial charge is 0.481 e. The fraction of sp³-hybridized carbons (Fsp3) is 0.323. The lowest BCUT2D eigenvalue weighted by Gasteiger charge is -2.22. The van der Waals surface area contributed by atoms with Crippen LogP contribution in [0.1, 0.15) is 72.6 Å². The number of hydrogen-bond acceptors (Lipinski definition) is 3. The lowest BCUT2D eigenvalue weighted by Crippen LogP contribution is -2.15. The Balaban J connectivity index is 1.64. The van der Waals surface area contributed by atoms with E-state index in [2.05, 4.69) is 13.8 Å². The maximum atomic E-state index is 13.0. The summed E-state index contributed by atoms with van der Waals surface area (Å²) in [6.07, 6.45) is -1.34. The summed E-state index contributed by atoms with van der Waals surface area (Å²) in [4.78, 5) is 23.2. The average Bonchev–Trinajstić information content (AvgIpc) is 3.28. The molecule has 0 saturated heterocycles. The van der Waals surface area contributed by atoms with Gasteiger partial charge in [0.1, 0.15) is 0 Å². The molecule has 0 aliphatic heterocycles. The SMILES string of the molecule is Cc1cc2c(cnn2C(CC(C)C)c2ccc(C(=O)CCCC(=O)O)cc2)cc1-c1ccc(C(F)(F)F)cc1. The fourth-order valence-corrected chi connectivity index (χ4v) is 4.86. The number of carboxylic acids is 1. The van der Waals surface area contributed by atoms with Crippen LogP contribution in [-0.4, -0.2) is 26.6 Å². The summed E-state index contributed by atoms with van der Waals surface area (Å²) >= 11 is 0. The molecule has 0 bridgehead atoms. The van der Waals surface area contributed by atoms with Crippen LogP contribution in [0, 0.1) is 12.8 Å². The number of aromatic nitrogens is 2. The number of carbonyl (C=O) groups excluding carboxylic acids is 1. The molecule has 0 spiro atoms. The number of fused-ring (bicyclic) bond motifs is 1. The zero-order valence-corrected chi connectivity index (χ0v) is 22.1. The molecule has 4 rings (SSSR count). The van der Waals surface area contributed by atoms with Crippen molar-refractivity contribution in [3.05, 3.63) is 89.1 Å². The average molecular weight is 537 g/mol. The van der Waals surface area contributed by atoms with Gasteiger partial charge in [-0.15, -0.1) is 0 Å². The van der Waals surface area contributed by atoms with Crippen LogP contribution in [0.25, 0.3) is 22.0 Å². The van der Waals surface area contributed by atoms with Crippen LogP contribution in [0.15, 0.2) is 66.9 Å². The van der Waals surface area contributed by atoms with Gasteiger partial charge in [-0.2, -0.15) is 18.3 Å². The van der Waals surface area contributed by atoms with Crippen molar-refractivity contribution in [2.45, 2.75) is 58.7 Å². The minimum absolute atomic E-state index is 0.0351. The molecule has 0 radical (unpaired) electrons. The zero-order chi connectivity index (χ0) is 28.3. The topological polar surface area (TPSA) is 72.2 Å². The number of benzene rings is 3. The van der Waals surface area contributed by atoms with E-state index in [1.807, 2.05) is 35.9 Å². The highest BCUT2D eigenvalue weighted by atomic mass is 19.4. The first-order valence-corrected chi connectivity index (χ1v) is 12.9. The zero-order valence-electron chi connectivity index (χ0n) is 22.1. The Labute approximate surface area is 225 Å². The minimum Gasteiger partial charge on any atom is -0.481 e. The standard InChI is InChI=1S/C31H31F3N2O3/c1-19(2)15-27(22-7-9-23(10-8-22)29(37)5-4-6-30(38)39)36-28-16-20(3)26(17-24(28)18-35-36)21-11-13-25(14-12-21)31(32,33)34/h7-14,16-19,27H,4-6,15H2,1-3H3,(H,38,39). The van der Waals surface area contributed by atoms with Crippen LogP contribution in [0.3, 0.4) is 0 Å². The number of Topliss-reactive ketones (excluding diaryl/α,β-unsaturated/α-hetero) is 1. The van der Waals surface area contributed by atoms with E-state index in [9.17, 15) is 22.8 Å². The van der Waals surface area contributed by atoms with E-state index >= 15 is 0 Å². The smallest absolute Gasteiger partial charge is 0.416 e. The van der Waals surface area contributed by atoms with Gasteiger partial charge in [-0.3, -0.25) is 14.3 Å². The number of hydrogen-bond donors (Lipinski definition) is 1. The molecule has 0 aliphatic carbocycles. The van der Waals surface area contributed by atoms with E-state index in [0.29, 0.717) is 23.5 Å². The van der Waals surface area contributed by atoms with E-state index in [4.69, 9.17) is 10.2 Å². The Hall–Kier alpha value is -3.94. The molecule has 1 N–H and O–H groups in total. The Kier molecular flexibility index (Phi) is 8.23. The number of carboxylic acid groups (broad SMARTS) is 1. The number of carbonyl (C=O) groups is 2. The molecular formula is C31H31F3N2O3. The van der Waals surface area contributed by atoms with E-state index in [1.54, 1.807) is 18.3 Å². The van der Waals surface area contributed by atoms with Crippen molar-refractivity contribution < 1.29 is 27.9 Å². The summed E-state index contributed by atoms with van der Waals surface area (Å²) in [5.41, 5.74) is 4.27. The van der Waals surface area contributed by atoms with Crippen LogP contribution >= 0.6 is 0 Å². The van der Waals surface area contributed by atoms with Crippen molar-refractivity contribution in [1.29, 1.82) is 0 Å². The number of alkyl halides is 3. The van der Waals surface area contributed by atoms with Crippen molar-refractivity contribution >= 4 is 22.7 Å². The highest BCUT2D eigenvalue weighted by molar-refractivity contribution is 5.96. The Bertz CT molecular complexity index is 1470. The molecule has 39 heavy (non-hydrogen) atoms. The normalized spacial score (nSPS) is 12.7. The Morgan fingerprint density at radius 1 is 0.974 bits per heavy atom. The maximum Gasteiger partial charge on any atom is 0.416 e. The number of nitrogens with zero attached hydrogens (tertiary/aromatic N) is 2. The van der Waals surface area contributed by atoms with E-state index in [-0.39, 0.29) is 24.7 Å². The van der Waals surface area contributed by atoms with Gasteiger partial charge >= 0.3 is 12.1 Å². The lowest BCUT2D eigenvalue weighted by atomic mass is 9.94. The van der Waals surface area contributed by atoms with Gasteiger partial charge in [0.05, 0.1) is 23.3 Å². The minimum atomic E-state index is -4.38. The van der Waals surface area contributed by atoms with E-state index < -0.39 is 17.7 Å².